The van der Waals surface area contributed by atoms with Gasteiger partial charge in [0, 0.05) is 41.0 Å². The Morgan fingerprint density at radius 2 is 1.67 bits per heavy atom. The van der Waals surface area contributed by atoms with Crippen LogP contribution in [-0.4, -0.2) is 14.1 Å². The van der Waals surface area contributed by atoms with Gasteiger partial charge >= 0.3 is 0 Å². The van der Waals surface area contributed by atoms with E-state index in [1.165, 1.54) is 12.1 Å². The van der Waals surface area contributed by atoms with E-state index in [0.29, 0.717) is 10.0 Å². The lowest BCUT2D eigenvalue weighted by Crippen LogP contribution is -2.10. The highest BCUT2D eigenvalue weighted by molar-refractivity contribution is 6.35. The fraction of sp³-hybridized carbons (Fsp3) is 0.143. The third kappa shape index (κ3) is 2.60. The molecule has 0 atom stereocenters. The highest BCUT2D eigenvalue weighted by Gasteiger charge is 2.11. The summed E-state index contributed by atoms with van der Waals surface area (Å²) < 4.78 is 13.3. The van der Waals surface area contributed by atoms with Crippen LogP contribution in [0.15, 0.2) is 36.4 Å². The van der Waals surface area contributed by atoms with Crippen LogP contribution >= 0.6 is 23.2 Å². The summed E-state index contributed by atoms with van der Waals surface area (Å²) in [6.07, 6.45) is 0. The first-order valence-corrected chi connectivity index (χ1v) is 6.17. The van der Waals surface area contributed by atoms with Gasteiger partial charge in [-0.3, -0.25) is 0 Å². The van der Waals surface area contributed by atoms with E-state index in [2.05, 4.69) is 0 Å². The number of hydrogen-bond acceptors (Lipinski definition) is 1. The van der Waals surface area contributed by atoms with Crippen molar-refractivity contribution in [3.63, 3.8) is 0 Å². The lowest BCUT2D eigenvalue weighted by atomic mass is 10.0. The molecular weight excluding hydrogens is 272 g/mol. The zero-order valence-electron chi connectivity index (χ0n) is 10.0. The zero-order valence-corrected chi connectivity index (χ0v) is 11.6. The Labute approximate surface area is 116 Å². The number of rotatable bonds is 2. The standard InChI is InChI=1S/C14H12Cl2FN/c1-18(2)14-8-10(17)4-5-11(14)12-7-9(15)3-6-13(12)16/h3-8H,1-2H3. The molecule has 0 heterocycles. The summed E-state index contributed by atoms with van der Waals surface area (Å²) in [4.78, 5) is 1.84. The van der Waals surface area contributed by atoms with Crippen molar-refractivity contribution >= 4 is 28.9 Å². The Kier molecular flexibility index (Phi) is 3.79. The zero-order chi connectivity index (χ0) is 13.3. The molecule has 94 valence electrons. The topological polar surface area (TPSA) is 3.24 Å². The van der Waals surface area contributed by atoms with E-state index in [1.54, 1.807) is 24.3 Å². The summed E-state index contributed by atoms with van der Waals surface area (Å²) in [6, 6.07) is 9.85. The molecule has 0 spiro atoms. The number of anilines is 1. The van der Waals surface area contributed by atoms with Crippen LogP contribution < -0.4 is 4.90 Å². The van der Waals surface area contributed by atoms with Gasteiger partial charge in [0.2, 0.25) is 0 Å². The summed E-state index contributed by atoms with van der Waals surface area (Å²) in [5.41, 5.74) is 2.42. The van der Waals surface area contributed by atoms with Crippen molar-refractivity contribution in [1.82, 2.24) is 0 Å². The van der Waals surface area contributed by atoms with Crippen LogP contribution in [0.2, 0.25) is 10.0 Å². The van der Waals surface area contributed by atoms with Gasteiger partial charge in [0.15, 0.2) is 0 Å². The summed E-state index contributed by atoms with van der Waals surface area (Å²) in [7, 11) is 3.72. The molecule has 0 aliphatic heterocycles. The van der Waals surface area contributed by atoms with Gasteiger partial charge in [-0.2, -0.15) is 0 Å². The van der Waals surface area contributed by atoms with E-state index >= 15 is 0 Å². The molecule has 0 N–H and O–H groups in total. The average molecular weight is 284 g/mol. The predicted octanol–water partition coefficient (Wildman–Crippen LogP) is 4.87. The summed E-state index contributed by atoms with van der Waals surface area (Å²) in [5, 5.41) is 1.19. The van der Waals surface area contributed by atoms with E-state index < -0.39 is 0 Å². The minimum Gasteiger partial charge on any atom is -0.377 e. The maximum absolute atomic E-state index is 13.3. The molecule has 0 amide bonds. The van der Waals surface area contributed by atoms with Crippen molar-refractivity contribution in [1.29, 1.82) is 0 Å². The van der Waals surface area contributed by atoms with E-state index in [9.17, 15) is 4.39 Å². The maximum atomic E-state index is 13.3. The van der Waals surface area contributed by atoms with Crippen LogP contribution in [0.25, 0.3) is 11.1 Å². The first-order valence-electron chi connectivity index (χ1n) is 5.41. The maximum Gasteiger partial charge on any atom is 0.125 e. The molecule has 0 bridgehead atoms. The van der Waals surface area contributed by atoms with E-state index in [-0.39, 0.29) is 5.82 Å². The lowest BCUT2D eigenvalue weighted by Gasteiger charge is -2.18. The normalized spacial score (nSPS) is 10.5. The second kappa shape index (κ2) is 5.17. The molecular formula is C14H12Cl2FN. The van der Waals surface area contributed by atoms with Crippen LogP contribution in [-0.2, 0) is 0 Å². The molecule has 2 aromatic carbocycles. The average Bonchev–Trinajstić information content (AvgIpc) is 2.32. The minimum atomic E-state index is -0.277. The highest BCUT2D eigenvalue weighted by atomic mass is 35.5. The second-order valence-electron chi connectivity index (χ2n) is 4.18. The van der Waals surface area contributed by atoms with Gasteiger partial charge in [-0.1, -0.05) is 23.2 Å². The van der Waals surface area contributed by atoms with Crippen molar-refractivity contribution in [2.45, 2.75) is 0 Å². The third-order valence-electron chi connectivity index (χ3n) is 2.66. The van der Waals surface area contributed by atoms with E-state index in [0.717, 1.165) is 16.8 Å². The van der Waals surface area contributed by atoms with Crippen molar-refractivity contribution < 1.29 is 4.39 Å². The summed E-state index contributed by atoms with van der Waals surface area (Å²) >= 11 is 12.2. The molecule has 0 aromatic heterocycles. The molecule has 0 saturated carbocycles. The van der Waals surface area contributed by atoms with Gasteiger partial charge in [-0.05, 0) is 36.4 Å². The molecule has 4 heteroatoms. The molecule has 0 radical (unpaired) electrons. The Hall–Kier alpha value is -1.25. The van der Waals surface area contributed by atoms with Crippen LogP contribution in [0.1, 0.15) is 0 Å². The number of nitrogens with zero attached hydrogens (tertiary/aromatic N) is 1. The number of benzene rings is 2. The van der Waals surface area contributed by atoms with E-state index in [1.807, 2.05) is 19.0 Å². The molecule has 0 aliphatic rings. The van der Waals surface area contributed by atoms with Crippen molar-refractivity contribution in [2.75, 3.05) is 19.0 Å². The molecule has 1 nitrogen and oxygen atoms in total. The Bertz CT molecular complexity index is 582. The molecule has 18 heavy (non-hydrogen) atoms. The molecule has 0 fully saturated rings. The van der Waals surface area contributed by atoms with Crippen molar-refractivity contribution in [3.05, 3.63) is 52.3 Å². The van der Waals surface area contributed by atoms with Crippen LogP contribution in [0, 0.1) is 5.82 Å². The lowest BCUT2D eigenvalue weighted by molar-refractivity contribution is 0.628. The quantitative estimate of drug-likeness (QED) is 0.760. The van der Waals surface area contributed by atoms with Gasteiger partial charge in [0.05, 0.1) is 0 Å². The van der Waals surface area contributed by atoms with Crippen molar-refractivity contribution in [2.24, 2.45) is 0 Å². The SMILES string of the molecule is CN(C)c1cc(F)ccc1-c1cc(Cl)ccc1Cl. The van der Waals surface area contributed by atoms with Crippen LogP contribution in [0.4, 0.5) is 10.1 Å². The van der Waals surface area contributed by atoms with Gasteiger partial charge in [-0.15, -0.1) is 0 Å². The van der Waals surface area contributed by atoms with Gasteiger partial charge in [0.25, 0.3) is 0 Å². The Morgan fingerprint density at radius 1 is 0.944 bits per heavy atom. The van der Waals surface area contributed by atoms with Crippen molar-refractivity contribution in [3.8, 4) is 11.1 Å². The fourth-order valence-corrected chi connectivity index (χ4v) is 2.20. The molecule has 0 aliphatic carbocycles. The summed E-state index contributed by atoms with van der Waals surface area (Å²) in [6.45, 7) is 0. The monoisotopic (exact) mass is 283 g/mol. The fourth-order valence-electron chi connectivity index (χ4n) is 1.81. The smallest absolute Gasteiger partial charge is 0.125 e. The van der Waals surface area contributed by atoms with Gasteiger partial charge in [-0.25, -0.2) is 4.39 Å². The van der Waals surface area contributed by atoms with Gasteiger partial charge in [0.1, 0.15) is 5.82 Å². The summed E-state index contributed by atoms with van der Waals surface area (Å²) in [5.74, 6) is -0.277. The molecule has 2 aromatic rings. The third-order valence-corrected chi connectivity index (χ3v) is 3.22. The number of halogens is 3. The van der Waals surface area contributed by atoms with Gasteiger partial charge < -0.3 is 4.90 Å². The van der Waals surface area contributed by atoms with Crippen LogP contribution in [0.5, 0.6) is 0 Å². The first kappa shape index (κ1) is 13.2. The Balaban J connectivity index is 2.66. The molecule has 0 saturated heterocycles. The predicted molar refractivity (Wildman–Crippen MR) is 76.2 cm³/mol. The largest absolute Gasteiger partial charge is 0.377 e. The van der Waals surface area contributed by atoms with Crippen LogP contribution in [0.3, 0.4) is 0 Å². The Morgan fingerprint density at radius 3 is 2.33 bits per heavy atom. The minimum absolute atomic E-state index is 0.277. The molecule has 2 rings (SSSR count). The van der Waals surface area contributed by atoms with E-state index in [4.69, 9.17) is 23.2 Å². The number of hydrogen-bond donors (Lipinski definition) is 0. The molecule has 0 unspecified atom stereocenters. The first-order chi connectivity index (χ1) is 8.49. The highest BCUT2D eigenvalue weighted by Crippen LogP contribution is 2.36. The second-order valence-corrected chi connectivity index (χ2v) is 5.02.